The van der Waals surface area contributed by atoms with E-state index in [-0.39, 0.29) is 0 Å². The van der Waals surface area contributed by atoms with Crippen LogP contribution in [0.4, 0.5) is 0 Å². The van der Waals surface area contributed by atoms with E-state index in [2.05, 4.69) is 154 Å². The zero-order valence-electron chi connectivity index (χ0n) is 22.8. The van der Waals surface area contributed by atoms with Gasteiger partial charge in [-0.05, 0) is 58.8 Å². The number of para-hydroxylation sites is 2. The van der Waals surface area contributed by atoms with Gasteiger partial charge in [-0.3, -0.25) is 4.98 Å². The van der Waals surface area contributed by atoms with Gasteiger partial charge >= 0.3 is 0 Å². The lowest BCUT2D eigenvalue weighted by molar-refractivity contribution is 1.13. The first-order chi connectivity index (χ1) is 20.8. The second kappa shape index (κ2) is 8.92. The number of rotatable bonds is 3. The molecule has 0 spiro atoms. The summed E-state index contributed by atoms with van der Waals surface area (Å²) in [5.41, 5.74) is 8.29. The van der Waals surface area contributed by atoms with Gasteiger partial charge in [0, 0.05) is 62.5 Å². The Bertz CT molecular complexity index is 2440. The molecule has 42 heavy (non-hydrogen) atoms. The van der Waals surface area contributed by atoms with Crippen LogP contribution in [0.25, 0.3) is 76.8 Å². The average Bonchev–Trinajstić information content (AvgIpc) is 3.65. The Kier molecular flexibility index (Phi) is 4.90. The molecule has 9 rings (SSSR count). The zero-order chi connectivity index (χ0) is 27.6. The monoisotopic (exact) mass is 535 g/mol. The molecule has 0 saturated heterocycles. The van der Waals surface area contributed by atoms with Crippen molar-refractivity contribution in [3.05, 3.63) is 152 Å². The Hall–Kier alpha value is -5.67. The van der Waals surface area contributed by atoms with Gasteiger partial charge in [0.15, 0.2) is 0 Å². The van der Waals surface area contributed by atoms with Crippen LogP contribution in [0.3, 0.4) is 0 Å². The van der Waals surface area contributed by atoms with Gasteiger partial charge in [-0.1, -0.05) is 91.0 Å². The van der Waals surface area contributed by atoms with Crippen molar-refractivity contribution in [3.8, 4) is 22.5 Å². The fraction of sp³-hybridized carbons (Fsp3) is 0. The molecule has 3 nitrogen and oxygen atoms in total. The quantitative estimate of drug-likeness (QED) is 0.221. The molecule has 0 radical (unpaired) electrons. The summed E-state index contributed by atoms with van der Waals surface area (Å²) in [6.45, 7) is 0. The highest BCUT2D eigenvalue weighted by Gasteiger charge is 2.17. The van der Waals surface area contributed by atoms with Crippen molar-refractivity contribution in [2.45, 2.75) is 0 Å². The SMILES string of the molecule is c1ccc(-n2ccc3c4ccc5c6ccccc6n(-c6ccc(-c7cncc8ccccc78)cc6)c5c4ccc32)cc1. The summed E-state index contributed by atoms with van der Waals surface area (Å²) < 4.78 is 4.70. The molecule has 3 aromatic heterocycles. The van der Waals surface area contributed by atoms with Gasteiger partial charge in [0.05, 0.1) is 16.6 Å². The standard InChI is InChI=1S/C39H25N3/c1-2-9-28(10-3-1)41-23-22-33-31-18-19-35-32-12-6-7-13-38(32)42(39(35)34(31)20-21-37(33)41)29-16-14-26(15-17-29)36-25-40-24-27-8-4-5-11-30(27)36/h1-25H. The molecule has 6 aromatic carbocycles. The van der Waals surface area contributed by atoms with Gasteiger partial charge in [-0.2, -0.15) is 0 Å². The van der Waals surface area contributed by atoms with Crippen LogP contribution in [0.1, 0.15) is 0 Å². The highest BCUT2D eigenvalue weighted by molar-refractivity contribution is 6.23. The molecule has 0 unspecified atom stereocenters. The highest BCUT2D eigenvalue weighted by Crippen LogP contribution is 2.39. The maximum atomic E-state index is 4.52. The lowest BCUT2D eigenvalue weighted by Crippen LogP contribution is -1.95. The van der Waals surface area contributed by atoms with Crippen LogP contribution in [0.2, 0.25) is 0 Å². The Balaban J connectivity index is 1.28. The first kappa shape index (κ1) is 23.1. The minimum Gasteiger partial charge on any atom is -0.317 e. The van der Waals surface area contributed by atoms with Crippen molar-refractivity contribution in [2.75, 3.05) is 0 Å². The lowest BCUT2D eigenvalue weighted by atomic mass is 10.0. The summed E-state index contributed by atoms with van der Waals surface area (Å²) in [7, 11) is 0. The van der Waals surface area contributed by atoms with Crippen LogP contribution in [0.5, 0.6) is 0 Å². The molecule has 0 atom stereocenters. The minimum absolute atomic E-state index is 1.15. The maximum absolute atomic E-state index is 4.52. The number of aromatic nitrogens is 3. The molecule has 0 aliphatic heterocycles. The van der Waals surface area contributed by atoms with E-state index in [0.717, 1.165) is 22.2 Å². The van der Waals surface area contributed by atoms with Gasteiger partial charge < -0.3 is 9.13 Å². The third-order valence-electron chi connectivity index (χ3n) is 8.64. The van der Waals surface area contributed by atoms with E-state index in [4.69, 9.17) is 0 Å². The molecular weight excluding hydrogens is 510 g/mol. The van der Waals surface area contributed by atoms with Gasteiger partial charge in [-0.15, -0.1) is 0 Å². The van der Waals surface area contributed by atoms with Crippen LogP contribution in [-0.2, 0) is 0 Å². The van der Waals surface area contributed by atoms with E-state index in [1.54, 1.807) is 0 Å². The zero-order valence-corrected chi connectivity index (χ0v) is 22.8. The fourth-order valence-corrected chi connectivity index (χ4v) is 6.71. The maximum Gasteiger partial charge on any atom is 0.0619 e. The van der Waals surface area contributed by atoms with Gasteiger partial charge in [0.2, 0.25) is 0 Å². The molecule has 196 valence electrons. The first-order valence-corrected chi connectivity index (χ1v) is 14.3. The third-order valence-corrected chi connectivity index (χ3v) is 8.64. The number of fused-ring (bicyclic) bond motifs is 8. The Morgan fingerprint density at radius 1 is 0.429 bits per heavy atom. The highest BCUT2D eigenvalue weighted by atomic mass is 15.0. The van der Waals surface area contributed by atoms with E-state index in [9.17, 15) is 0 Å². The molecule has 9 aromatic rings. The van der Waals surface area contributed by atoms with E-state index >= 15 is 0 Å². The van der Waals surface area contributed by atoms with Crippen molar-refractivity contribution >= 4 is 54.3 Å². The van der Waals surface area contributed by atoms with E-state index in [1.807, 2.05) is 12.4 Å². The smallest absolute Gasteiger partial charge is 0.0619 e. The normalized spacial score (nSPS) is 11.8. The van der Waals surface area contributed by atoms with E-state index in [1.165, 1.54) is 54.6 Å². The summed E-state index contributed by atoms with van der Waals surface area (Å²) >= 11 is 0. The van der Waals surface area contributed by atoms with Crippen molar-refractivity contribution in [2.24, 2.45) is 0 Å². The van der Waals surface area contributed by atoms with Crippen molar-refractivity contribution in [3.63, 3.8) is 0 Å². The molecule has 3 heteroatoms. The van der Waals surface area contributed by atoms with E-state index < -0.39 is 0 Å². The molecule has 0 aliphatic rings. The van der Waals surface area contributed by atoms with Crippen LogP contribution >= 0.6 is 0 Å². The summed E-state index contributed by atoms with van der Waals surface area (Å²) in [6, 6.07) is 48.1. The van der Waals surface area contributed by atoms with Crippen molar-refractivity contribution in [1.82, 2.24) is 14.1 Å². The molecule has 0 amide bonds. The molecule has 0 fully saturated rings. The number of hydrogen-bond acceptors (Lipinski definition) is 1. The lowest BCUT2D eigenvalue weighted by Gasteiger charge is -2.12. The summed E-state index contributed by atoms with van der Waals surface area (Å²) in [5, 5.41) is 8.67. The minimum atomic E-state index is 1.15. The van der Waals surface area contributed by atoms with Crippen molar-refractivity contribution in [1.29, 1.82) is 0 Å². The van der Waals surface area contributed by atoms with Crippen LogP contribution in [-0.4, -0.2) is 14.1 Å². The molecule has 0 saturated carbocycles. The average molecular weight is 536 g/mol. The molecular formula is C39H25N3. The number of nitrogens with zero attached hydrogens (tertiary/aromatic N) is 3. The molecule has 0 bridgehead atoms. The van der Waals surface area contributed by atoms with Gasteiger partial charge in [-0.25, -0.2) is 0 Å². The number of pyridine rings is 1. The van der Waals surface area contributed by atoms with E-state index in [0.29, 0.717) is 0 Å². The van der Waals surface area contributed by atoms with Gasteiger partial charge in [0.25, 0.3) is 0 Å². The number of benzene rings is 6. The summed E-state index contributed by atoms with van der Waals surface area (Å²) in [6.07, 6.45) is 6.08. The third kappa shape index (κ3) is 3.31. The summed E-state index contributed by atoms with van der Waals surface area (Å²) in [4.78, 5) is 4.52. The van der Waals surface area contributed by atoms with Crippen molar-refractivity contribution < 1.29 is 0 Å². The van der Waals surface area contributed by atoms with Crippen LogP contribution < -0.4 is 0 Å². The largest absolute Gasteiger partial charge is 0.317 e. The molecule has 0 aliphatic carbocycles. The topological polar surface area (TPSA) is 22.8 Å². The molecule has 0 N–H and O–H groups in total. The Labute approximate surface area is 242 Å². The predicted molar refractivity (Wildman–Crippen MR) is 176 cm³/mol. The fourth-order valence-electron chi connectivity index (χ4n) is 6.71. The number of hydrogen-bond donors (Lipinski definition) is 0. The predicted octanol–water partition coefficient (Wildman–Crippen LogP) is 10.1. The Morgan fingerprint density at radius 3 is 2.00 bits per heavy atom. The first-order valence-electron chi connectivity index (χ1n) is 14.3. The molecule has 3 heterocycles. The van der Waals surface area contributed by atoms with Crippen LogP contribution in [0.15, 0.2) is 152 Å². The van der Waals surface area contributed by atoms with Gasteiger partial charge in [0.1, 0.15) is 0 Å². The summed E-state index contributed by atoms with van der Waals surface area (Å²) in [5.74, 6) is 0. The second-order valence-electron chi connectivity index (χ2n) is 10.9. The Morgan fingerprint density at radius 2 is 1.12 bits per heavy atom. The second-order valence-corrected chi connectivity index (χ2v) is 10.9. The van der Waals surface area contributed by atoms with Crippen LogP contribution in [0, 0.1) is 0 Å².